The van der Waals surface area contributed by atoms with Gasteiger partial charge in [0, 0.05) is 0 Å². The van der Waals surface area contributed by atoms with Crippen molar-refractivity contribution in [3.05, 3.63) is 34.9 Å². The van der Waals surface area contributed by atoms with Gasteiger partial charge in [-0.05, 0) is 36.0 Å². The van der Waals surface area contributed by atoms with Gasteiger partial charge in [-0.1, -0.05) is 39.0 Å². The summed E-state index contributed by atoms with van der Waals surface area (Å²) in [5, 5.41) is 19.2. The molecular formula is C14H22O2. The fourth-order valence-corrected chi connectivity index (χ4v) is 1.73. The highest BCUT2D eigenvalue weighted by Gasteiger charge is 2.19. The number of hydrogen-bond donors (Lipinski definition) is 2. The van der Waals surface area contributed by atoms with Crippen LogP contribution in [-0.2, 0) is 5.41 Å². The van der Waals surface area contributed by atoms with E-state index in [2.05, 4.69) is 26.8 Å². The molecule has 0 fully saturated rings. The second kappa shape index (κ2) is 4.56. The molecule has 0 aliphatic carbocycles. The first-order valence-corrected chi connectivity index (χ1v) is 5.70. The number of aryl methyl sites for hydroxylation is 1. The summed E-state index contributed by atoms with van der Waals surface area (Å²) in [7, 11) is 0. The maximum atomic E-state index is 9.82. The summed E-state index contributed by atoms with van der Waals surface area (Å²) < 4.78 is 0. The van der Waals surface area contributed by atoms with E-state index in [1.54, 1.807) is 6.92 Å². The molecule has 2 nitrogen and oxygen atoms in total. The van der Waals surface area contributed by atoms with Crippen molar-refractivity contribution in [2.24, 2.45) is 0 Å². The van der Waals surface area contributed by atoms with Crippen LogP contribution in [0.15, 0.2) is 18.2 Å². The van der Waals surface area contributed by atoms with Crippen LogP contribution in [0.5, 0.6) is 0 Å². The molecule has 0 saturated heterocycles. The van der Waals surface area contributed by atoms with Crippen molar-refractivity contribution in [2.45, 2.75) is 52.2 Å². The Labute approximate surface area is 97.9 Å². The van der Waals surface area contributed by atoms with Crippen molar-refractivity contribution in [3.8, 4) is 0 Å². The fraction of sp³-hybridized carbons (Fsp3) is 0.571. The lowest BCUT2D eigenvalue weighted by Crippen LogP contribution is -2.16. The molecule has 90 valence electrons. The molecule has 1 rings (SSSR count). The van der Waals surface area contributed by atoms with Gasteiger partial charge in [-0.25, -0.2) is 0 Å². The minimum absolute atomic E-state index is 0.110. The standard InChI is InChI=1S/C14H22O2/c1-9-8-11(14(3,4)5)6-7-12(9)13(16)10(2)15/h6-8,10,13,15-16H,1-5H3. The van der Waals surface area contributed by atoms with Gasteiger partial charge in [0.25, 0.3) is 0 Å². The Balaban J connectivity index is 3.10. The van der Waals surface area contributed by atoms with Crippen molar-refractivity contribution in [3.63, 3.8) is 0 Å². The summed E-state index contributed by atoms with van der Waals surface area (Å²) in [4.78, 5) is 0. The van der Waals surface area contributed by atoms with E-state index in [4.69, 9.17) is 0 Å². The van der Waals surface area contributed by atoms with Crippen molar-refractivity contribution in [1.82, 2.24) is 0 Å². The van der Waals surface area contributed by atoms with E-state index in [-0.39, 0.29) is 5.41 Å². The molecule has 0 spiro atoms. The highest BCUT2D eigenvalue weighted by molar-refractivity contribution is 5.35. The molecule has 0 radical (unpaired) electrons. The van der Waals surface area contributed by atoms with Crippen LogP contribution in [0.3, 0.4) is 0 Å². The number of aliphatic hydroxyl groups excluding tert-OH is 2. The zero-order valence-corrected chi connectivity index (χ0v) is 10.8. The molecular weight excluding hydrogens is 200 g/mol. The first kappa shape index (κ1) is 13.2. The monoisotopic (exact) mass is 222 g/mol. The Morgan fingerprint density at radius 2 is 1.69 bits per heavy atom. The van der Waals surface area contributed by atoms with Crippen LogP contribution >= 0.6 is 0 Å². The minimum Gasteiger partial charge on any atom is -0.390 e. The lowest BCUT2D eigenvalue weighted by Gasteiger charge is -2.22. The molecule has 2 atom stereocenters. The third-order valence-corrected chi connectivity index (χ3v) is 2.91. The molecule has 0 aliphatic rings. The second-order valence-electron chi connectivity index (χ2n) is 5.51. The molecule has 0 bridgehead atoms. The van der Waals surface area contributed by atoms with Gasteiger partial charge >= 0.3 is 0 Å². The topological polar surface area (TPSA) is 40.5 Å². The van der Waals surface area contributed by atoms with Gasteiger partial charge in [-0.15, -0.1) is 0 Å². The van der Waals surface area contributed by atoms with Crippen molar-refractivity contribution >= 4 is 0 Å². The van der Waals surface area contributed by atoms with Gasteiger partial charge in [0.05, 0.1) is 6.10 Å². The van der Waals surface area contributed by atoms with Gasteiger partial charge in [0.15, 0.2) is 0 Å². The quantitative estimate of drug-likeness (QED) is 0.807. The van der Waals surface area contributed by atoms with Gasteiger partial charge in [0.1, 0.15) is 6.10 Å². The van der Waals surface area contributed by atoms with Crippen molar-refractivity contribution in [1.29, 1.82) is 0 Å². The molecule has 2 unspecified atom stereocenters. The van der Waals surface area contributed by atoms with Crippen molar-refractivity contribution < 1.29 is 10.2 Å². The number of hydrogen-bond acceptors (Lipinski definition) is 2. The Hall–Kier alpha value is -0.860. The molecule has 0 aliphatic heterocycles. The molecule has 0 saturated carbocycles. The Morgan fingerprint density at radius 1 is 1.12 bits per heavy atom. The van der Waals surface area contributed by atoms with Gasteiger partial charge in [-0.3, -0.25) is 0 Å². The smallest absolute Gasteiger partial charge is 0.105 e. The predicted octanol–water partition coefficient (Wildman–Crippen LogP) is 2.71. The first-order valence-electron chi connectivity index (χ1n) is 5.70. The zero-order chi connectivity index (χ0) is 12.5. The molecule has 0 aromatic heterocycles. The molecule has 1 aromatic carbocycles. The largest absolute Gasteiger partial charge is 0.390 e. The van der Waals surface area contributed by atoms with E-state index < -0.39 is 12.2 Å². The van der Waals surface area contributed by atoms with E-state index in [9.17, 15) is 10.2 Å². The molecule has 0 heterocycles. The van der Waals surface area contributed by atoms with E-state index in [1.165, 1.54) is 5.56 Å². The van der Waals surface area contributed by atoms with Crippen LogP contribution in [0.25, 0.3) is 0 Å². The summed E-state index contributed by atoms with van der Waals surface area (Å²) >= 11 is 0. The summed E-state index contributed by atoms with van der Waals surface area (Å²) in [6, 6.07) is 6.02. The van der Waals surface area contributed by atoms with Crippen LogP contribution in [0.2, 0.25) is 0 Å². The van der Waals surface area contributed by atoms with E-state index in [1.807, 2.05) is 19.1 Å². The number of benzene rings is 1. The fourth-order valence-electron chi connectivity index (χ4n) is 1.73. The van der Waals surface area contributed by atoms with Crippen LogP contribution in [0.4, 0.5) is 0 Å². The van der Waals surface area contributed by atoms with E-state index in [0.29, 0.717) is 0 Å². The average molecular weight is 222 g/mol. The maximum absolute atomic E-state index is 9.82. The summed E-state index contributed by atoms with van der Waals surface area (Å²) in [5.41, 5.74) is 3.19. The van der Waals surface area contributed by atoms with Crippen LogP contribution in [0.1, 0.15) is 50.5 Å². The molecule has 1 aromatic rings. The zero-order valence-electron chi connectivity index (χ0n) is 10.8. The lowest BCUT2D eigenvalue weighted by atomic mass is 9.84. The molecule has 2 N–H and O–H groups in total. The predicted molar refractivity (Wildman–Crippen MR) is 66.5 cm³/mol. The molecule has 0 amide bonds. The minimum atomic E-state index is -0.797. The summed E-state index contributed by atoms with van der Waals surface area (Å²) in [6.45, 7) is 10.0. The highest BCUT2D eigenvalue weighted by Crippen LogP contribution is 2.27. The van der Waals surface area contributed by atoms with E-state index >= 15 is 0 Å². The Morgan fingerprint density at radius 3 is 2.06 bits per heavy atom. The third-order valence-electron chi connectivity index (χ3n) is 2.91. The Bertz CT molecular complexity index is 361. The lowest BCUT2D eigenvalue weighted by molar-refractivity contribution is 0.0301. The van der Waals surface area contributed by atoms with Crippen molar-refractivity contribution in [2.75, 3.05) is 0 Å². The van der Waals surface area contributed by atoms with Crippen LogP contribution in [0, 0.1) is 6.92 Å². The second-order valence-corrected chi connectivity index (χ2v) is 5.51. The number of aliphatic hydroxyl groups is 2. The summed E-state index contributed by atoms with van der Waals surface area (Å²) in [6.07, 6.45) is -1.53. The maximum Gasteiger partial charge on any atom is 0.105 e. The normalized spacial score (nSPS) is 15.9. The van der Waals surface area contributed by atoms with Crippen LogP contribution < -0.4 is 0 Å². The molecule has 16 heavy (non-hydrogen) atoms. The molecule has 2 heteroatoms. The van der Waals surface area contributed by atoms with Gasteiger partial charge in [-0.2, -0.15) is 0 Å². The Kier molecular flexibility index (Phi) is 3.76. The highest BCUT2D eigenvalue weighted by atomic mass is 16.3. The third kappa shape index (κ3) is 2.83. The average Bonchev–Trinajstić information content (AvgIpc) is 2.15. The summed E-state index contributed by atoms with van der Waals surface area (Å²) in [5.74, 6) is 0. The van der Waals surface area contributed by atoms with E-state index in [0.717, 1.165) is 11.1 Å². The first-order chi connectivity index (χ1) is 7.23. The number of rotatable bonds is 2. The SMILES string of the molecule is Cc1cc(C(C)(C)C)ccc1C(O)C(C)O. The van der Waals surface area contributed by atoms with Crippen LogP contribution in [-0.4, -0.2) is 16.3 Å². The van der Waals surface area contributed by atoms with Gasteiger partial charge < -0.3 is 10.2 Å². The van der Waals surface area contributed by atoms with Gasteiger partial charge in [0.2, 0.25) is 0 Å².